The van der Waals surface area contributed by atoms with E-state index >= 15 is 0 Å². The molecule has 1 aromatic heterocycles. The van der Waals surface area contributed by atoms with Gasteiger partial charge in [-0.25, -0.2) is 0 Å². The molecule has 0 radical (unpaired) electrons. The van der Waals surface area contributed by atoms with Gasteiger partial charge in [-0.05, 0) is 30.7 Å². The molecule has 122 valence electrons. The Kier molecular flexibility index (Phi) is 4.76. The first-order valence-electron chi connectivity index (χ1n) is 8.32. The van der Waals surface area contributed by atoms with Crippen LogP contribution in [0.5, 0.6) is 0 Å². The smallest absolute Gasteiger partial charge is 0.255 e. The lowest BCUT2D eigenvalue weighted by atomic mass is 10.1. The number of hydrogen-bond acceptors (Lipinski definition) is 3. The number of nitrogens with zero attached hydrogens (tertiary/aromatic N) is 2. The number of benzene rings is 1. The Balaban J connectivity index is 1.76. The van der Waals surface area contributed by atoms with Gasteiger partial charge in [0.05, 0.1) is 24.0 Å². The molecule has 1 aromatic carbocycles. The van der Waals surface area contributed by atoms with Gasteiger partial charge in [0.15, 0.2) is 0 Å². The monoisotopic (exact) mass is 312 g/mol. The summed E-state index contributed by atoms with van der Waals surface area (Å²) in [5, 5.41) is 7.50. The van der Waals surface area contributed by atoms with Crippen molar-refractivity contribution >= 4 is 5.91 Å². The molecular formula is C18H24N4O. The molecule has 23 heavy (non-hydrogen) atoms. The van der Waals surface area contributed by atoms with Gasteiger partial charge >= 0.3 is 0 Å². The van der Waals surface area contributed by atoms with Gasteiger partial charge in [-0.15, -0.1) is 0 Å². The summed E-state index contributed by atoms with van der Waals surface area (Å²) in [5.74, 6) is 0.497. The van der Waals surface area contributed by atoms with Crippen molar-refractivity contribution in [2.24, 2.45) is 11.7 Å². The van der Waals surface area contributed by atoms with E-state index in [0.29, 0.717) is 24.6 Å². The van der Waals surface area contributed by atoms with Gasteiger partial charge in [-0.3, -0.25) is 9.48 Å². The van der Waals surface area contributed by atoms with Crippen LogP contribution in [0.25, 0.3) is 0 Å². The lowest BCUT2D eigenvalue weighted by Gasteiger charge is -2.16. The van der Waals surface area contributed by atoms with E-state index in [9.17, 15) is 4.79 Å². The fraction of sp³-hybridized carbons (Fsp3) is 0.444. The highest BCUT2D eigenvalue weighted by Crippen LogP contribution is 2.32. The van der Waals surface area contributed by atoms with Crippen LogP contribution in [0.4, 0.5) is 0 Å². The largest absolute Gasteiger partial charge is 0.348 e. The number of amides is 1. The van der Waals surface area contributed by atoms with E-state index in [0.717, 1.165) is 25.0 Å². The van der Waals surface area contributed by atoms with E-state index < -0.39 is 0 Å². The molecule has 1 heterocycles. The van der Waals surface area contributed by atoms with Crippen LogP contribution in [0.15, 0.2) is 36.5 Å². The van der Waals surface area contributed by atoms with Crippen molar-refractivity contribution in [2.45, 2.75) is 38.8 Å². The molecule has 1 fully saturated rings. The molecule has 5 heteroatoms. The van der Waals surface area contributed by atoms with Gasteiger partial charge in [0.1, 0.15) is 0 Å². The van der Waals surface area contributed by atoms with Crippen molar-refractivity contribution in [2.75, 3.05) is 6.54 Å². The highest BCUT2D eigenvalue weighted by Gasteiger charge is 2.32. The van der Waals surface area contributed by atoms with Crippen molar-refractivity contribution in [1.82, 2.24) is 15.1 Å². The van der Waals surface area contributed by atoms with Crippen LogP contribution in [-0.2, 0) is 13.0 Å². The summed E-state index contributed by atoms with van der Waals surface area (Å²) in [4.78, 5) is 12.6. The highest BCUT2D eigenvalue weighted by atomic mass is 16.1. The average molecular weight is 312 g/mol. The number of carbonyl (C=O) groups is 1. The van der Waals surface area contributed by atoms with Gasteiger partial charge < -0.3 is 11.1 Å². The third-order valence-corrected chi connectivity index (χ3v) is 4.46. The Hall–Kier alpha value is -2.14. The molecule has 0 spiro atoms. The zero-order valence-corrected chi connectivity index (χ0v) is 13.5. The molecule has 1 aliphatic carbocycles. The molecule has 1 saturated carbocycles. The number of rotatable bonds is 7. The summed E-state index contributed by atoms with van der Waals surface area (Å²) in [6.07, 6.45) is 4.77. The molecule has 3 rings (SSSR count). The zero-order valence-electron chi connectivity index (χ0n) is 13.5. The fourth-order valence-corrected chi connectivity index (χ4v) is 2.98. The van der Waals surface area contributed by atoms with E-state index in [1.807, 2.05) is 22.9 Å². The minimum absolute atomic E-state index is 0.0523. The first-order valence-corrected chi connectivity index (χ1v) is 8.32. The second kappa shape index (κ2) is 6.96. The molecule has 1 atom stereocenters. The predicted molar refractivity (Wildman–Crippen MR) is 90.2 cm³/mol. The molecule has 3 N–H and O–H groups in total. The molecular weight excluding hydrogens is 288 g/mol. The molecule has 2 aromatic rings. The molecule has 1 amide bonds. The van der Waals surface area contributed by atoms with Crippen molar-refractivity contribution in [3.8, 4) is 0 Å². The van der Waals surface area contributed by atoms with Crippen LogP contribution in [0.1, 0.15) is 41.4 Å². The van der Waals surface area contributed by atoms with Crippen molar-refractivity contribution < 1.29 is 4.79 Å². The molecule has 0 bridgehead atoms. The van der Waals surface area contributed by atoms with Crippen LogP contribution in [0.3, 0.4) is 0 Å². The third kappa shape index (κ3) is 3.62. The molecule has 5 nitrogen and oxygen atoms in total. The molecule has 0 saturated heterocycles. The summed E-state index contributed by atoms with van der Waals surface area (Å²) in [7, 11) is 0. The minimum atomic E-state index is -0.0523. The van der Waals surface area contributed by atoms with Gasteiger partial charge in [0, 0.05) is 12.6 Å². The highest BCUT2D eigenvalue weighted by molar-refractivity contribution is 5.95. The number of carbonyl (C=O) groups excluding carboxylic acids is 1. The topological polar surface area (TPSA) is 72.9 Å². The van der Waals surface area contributed by atoms with Crippen LogP contribution in [0.2, 0.25) is 0 Å². The van der Waals surface area contributed by atoms with Crippen LogP contribution >= 0.6 is 0 Å². The van der Waals surface area contributed by atoms with Gasteiger partial charge in [-0.1, -0.05) is 37.3 Å². The maximum absolute atomic E-state index is 12.6. The van der Waals surface area contributed by atoms with Crippen molar-refractivity contribution in [1.29, 1.82) is 0 Å². The third-order valence-electron chi connectivity index (χ3n) is 4.46. The van der Waals surface area contributed by atoms with E-state index in [1.54, 1.807) is 6.20 Å². The predicted octanol–water partition coefficient (Wildman–Crippen LogP) is 1.96. The SMILES string of the molecule is CCc1c(C(=O)NC(CN)C2CC2)cnn1Cc1ccccc1. The first-order chi connectivity index (χ1) is 11.2. The van der Waals surface area contributed by atoms with Gasteiger partial charge in [0.2, 0.25) is 0 Å². The number of nitrogens with one attached hydrogen (secondary N) is 1. The van der Waals surface area contributed by atoms with Crippen molar-refractivity contribution in [3.05, 3.63) is 53.3 Å². The van der Waals surface area contributed by atoms with Crippen LogP contribution in [0, 0.1) is 5.92 Å². The summed E-state index contributed by atoms with van der Waals surface area (Å²) in [5.41, 5.74) is 8.60. The molecule has 0 aliphatic heterocycles. The Morgan fingerprint density at radius 2 is 2.13 bits per heavy atom. The van der Waals surface area contributed by atoms with Gasteiger partial charge in [0.25, 0.3) is 5.91 Å². The summed E-state index contributed by atoms with van der Waals surface area (Å²) in [6.45, 7) is 3.23. The summed E-state index contributed by atoms with van der Waals surface area (Å²) >= 11 is 0. The Labute approximate surface area is 136 Å². The lowest BCUT2D eigenvalue weighted by molar-refractivity contribution is 0.0932. The second-order valence-electron chi connectivity index (χ2n) is 6.15. The maximum atomic E-state index is 12.6. The molecule has 1 unspecified atom stereocenters. The summed E-state index contributed by atoms with van der Waals surface area (Å²) < 4.78 is 1.92. The number of hydrogen-bond donors (Lipinski definition) is 2. The zero-order chi connectivity index (χ0) is 16.2. The lowest BCUT2D eigenvalue weighted by Crippen LogP contribution is -2.42. The van der Waals surface area contributed by atoms with E-state index in [2.05, 4.69) is 29.5 Å². The summed E-state index contributed by atoms with van der Waals surface area (Å²) in [6, 6.07) is 10.2. The average Bonchev–Trinajstić information content (AvgIpc) is 3.34. The fourth-order valence-electron chi connectivity index (χ4n) is 2.98. The van der Waals surface area contributed by atoms with Gasteiger partial charge in [-0.2, -0.15) is 5.10 Å². The van der Waals surface area contributed by atoms with E-state index in [-0.39, 0.29) is 11.9 Å². The maximum Gasteiger partial charge on any atom is 0.255 e. The van der Waals surface area contributed by atoms with E-state index in [4.69, 9.17) is 5.73 Å². The minimum Gasteiger partial charge on any atom is -0.348 e. The normalized spacial score (nSPS) is 15.4. The number of nitrogens with two attached hydrogens (primary N) is 1. The second-order valence-corrected chi connectivity index (χ2v) is 6.15. The first kappa shape index (κ1) is 15.7. The van der Waals surface area contributed by atoms with Crippen LogP contribution in [-0.4, -0.2) is 28.3 Å². The van der Waals surface area contributed by atoms with Crippen molar-refractivity contribution in [3.63, 3.8) is 0 Å². The van der Waals surface area contributed by atoms with Crippen LogP contribution < -0.4 is 11.1 Å². The quantitative estimate of drug-likeness (QED) is 0.821. The Bertz CT molecular complexity index is 661. The van der Waals surface area contributed by atoms with E-state index in [1.165, 1.54) is 5.56 Å². The number of aromatic nitrogens is 2. The molecule has 1 aliphatic rings. The Morgan fingerprint density at radius 3 is 2.74 bits per heavy atom. The standard InChI is InChI=1S/C18H24N4O/c1-2-17-15(18(23)21-16(10-19)14-8-9-14)11-20-22(17)12-13-6-4-3-5-7-13/h3-7,11,14,16H,2,8-10,12,19H2,1H3,(H,21,23). The Morgan fingerprint density at radius 1 is 1.39 bits per heavy atom.